The van der Waals surface area contributed by atoms with Crippen LogP contribution in [0.25, 0.3) is 0 Å². The van der Waals surface area contributed by atoms with E-state index in [1.54, 1.807) is 0 Å². The molecule has 2 rings (SSSR count). The van der Waals surface area contributed by atoms with Crippen molar-refractivity contribution in [1.29, 1.82) is 0 Å². The maximum atomic E-state index is 9.26. The van der Waals surface area contributed by atoms with E-state index in [1.165, 1.54) is 11.1 Å². The number of benzene rings is 2. The lowest BCUT2D eigenvalue weighted by Crippen LogP contribution is -2.42. The maximum Gasteiger partial charge on any atom is 0.0448 e. The smallest absolute Gasteiger partial charge is 0.0448 e. The fourth-order valence-electron chi connectivity index (χ4n) is 2.99. The molecule has 0 fully saturated rings. The molecule has 0 amide bonds. The summed E-state index contributed by atoms with van der Waals surface area (Å²) in [5.41, 5.74) is 2.76. The largest absolute Gasteiger partial charge is 0.396 e. The van der Waals surface area contributed by atoms with Crippen LogP contribution in [0.3, 0.4) is 0 Å². The Morgan fingerprint density at radius 3 is 1.83 bits per heavy atom. The van der Waals surface area contributed by atoms with Gasteiger partial charge in [-0.2, -0.15) is 0 Å². The van der Waals surface area contributed by atoms with E-state index >= 15 is 0 Å². The summed E-state index contributed by atoms with van der Waals surface area (Å²) in [5, 5.41) is 9.26. The molecular formula is C21H29NO. The van der Waals surface area contributed by atoms with Gasteiger partial charge in [0.2, 0.25) is 0 Å². The molecule has 0 aliphatic rings. The van der Waals surface area contributed by atoms with Gasteiger partial charge in [-0.3, -0.25) is 0 Å². The quantitative estimate of drug-likeness (QED) is 0.785. The first-order valence-corrected chi connectivity index (χ1v) is 8.46. The third-order valence-corrected chi connectivity index (χ3v) is 4.91. The lowest BCUT2D eigenvalue weighted by atomic mass is 9.88. The van der Waals surface area contributed by atoms with Gasteiger partial charge in [0.1, 0.15) is 0 Å². The van der Waals surface area contributed by atoms with Gasteiger partial charge < -0.3 is 10.0 Å². The first kappa shape index (κ1) is 17.7. The fraction of sp³-hybridized carbons (Fsp3) is 0.429. The van der Waals surface area contributed by atoms with Gasteiger partial charge in [0, 0.05) is 18.1 Å². The molecule has 2 aromatic rings. The van der Waals surface area contributed by atoms with E-state index in [4.69, 9.17) is 0 Å². The van der Waals surface area contributed by atoms with Crippen LogP contribution in [0.15, 0.2) is 60.7 Å². The zero-order valence-corrected chi connectivity index (χ0v) is 14.6. The highest BCUT2D eigenvalue weighted by Gasteiger charge is 2.24. The zero-order chi connectivity index (χ0) is 16.7. The summed E-state index contributed by atoms with van der Waals surface area (Å²) >= 11 is 0. The molecule has 124 valence electrons. The Labute approximate surface area is 140 Å². The average Bonchev–Trinajstić information content (AvgIpc) is 2.57. The molecule has 0 spiro atoms. The van der Waals surface area contributed by atoms with Gasteiger partial charge >= 0.3 is 0 Å². The summed E-state index contributed by atoms with van der Waals surface area (Å²) in [6.07, 6.45) is 1.87. The zero-order valence-electron chi connectivity index (χ0n) is 14.6. The van der Waals surface area contributed by atoms with Crippen LogP contribution in [-0.2, 0) is 0 Å². The second-order valence-corrected chi connectivity index (χ2v) is 6.87. The Morgan fingerprint density at radius 2 is 1.39 bits per heavy atom. The van der Waals surface area contributed by atoms with Crippen LogP contribution in [0.1, 0.15) is 43.7 Å². The van der Waals surface area contributed by atoms with Gasteiger partial charge in [-0.25, -0.2) is 0 Å². The van der Waals surface area contributed by atoms with Crippen molar-refractivity contribution in [2.75, 3.05) is 20.2 Å². The van der Waals surface area contributed by atoms with Crippen molar-refractivity contribution in [3.63, 3.8) is 0 Å². The average molecular weight is 311 g/mol. The molecule has 2 aromatic carbocycles. The van der Waals surface area contributed by atoms with Crippen LogP contribution in [0.2, 0.25) is 0 Å². The highest BCUT2D eigenvalue weighted by molar-refractivity contribution is 5.32. The van der Waals surface area contributed by atoms with Crippen molar-refractivity contribution in [1.82, 2.24) is 4.90 Å². The lowest BCUT2D eigenvalue weighted by Gasteiger charge is -2.36. The van der Waals surface area contributed by atoms with Crippen LogP contribution < -0.4 is 0 Å². The van der Waals surface area contributed by atoms with Crippen molar-refractivity contribution in [2.24, 2.45) is 0 Å². The number of aliphatic hydroxyl groups excluding tert-OH is 1. The van der Waals surface area contributed by atoms with Gasteiger partial charge in [0.25, 0.3) is 0 Å². The predicted octanol–water partition coefficient (Wildman–Crippen LogP) is 4.30. The lowest BCUT2D eigenvalue weighted by molar-refractivity contribution is 0.114. The molecule has 0 atom stereocenters. The van der Waals surface area contributed by atoms with E-state index in [9.17, 15) is 5.11 Å². The van der Waals surface area contributed by atoms with Gasteiger partial charge in [-0.15, -0.1) is 0 Å². The molecule has 0 saturated heterocycles. The molecule has 0 bridgehead atoms. The topological polar surface area (TPSA) is 23.5 Å². The van der Waals surface area contributed by atoms with E-state index in [1.807, 2.05) is 0 Å². The van der Waals surface area contributed by atoms with Crippen molar-refractivity contribution < 1.29 is 5.11 Å². The first-order valence-electron chi connectivity index (χ1n) is 8.46. The van der Waals surface area contributed by atoms with Crippen LogP contribution in [0.5, 0.6) is 0 Å². The van der Waals surface area contributed by atoms with E-state index in [0.29, 0.717) is 5.92 Å². The summed E-state index contributed by atoms with van der Waals surface area (Å²) in [5.74, 6) is 0.407. The molecule has 2 heteroatoms. The van der Waals surface area contributed by atoms with E-state index in [2.05, 4.69) is 86.5 Å². The first-order chi connectivity index (χ1) is 11.0. The van der Waals surface area contributed by atoms with Gasteiger partial charge in [0.15, 0.2) is 0 Å². The molecule has 23 heavy (non-hydrogen) atoms. The highest BCUT2D eigenvalue weighted by atomic mass is 16.3. The van der Waals surface area contributed by atoms with Crippen LogP contribution in [0, 0.1) is 0 Å². The minimum absolute atomic E-state index is 0.0205. The minimum Gasteiger partial charge on any atom is -0.396 e. The Balaban J connectivity index is 2.13. The van der Waals surface area contributed by atoms with Crippen molar-refractivity contribution in [3.05, 3.63) is 71.8 Å². The number of aliphatic hydroxyl groups is 1. The summed E-state index contributed by atoms with van der Waals surface area (Å²) < 4.78 is 0. The Bertz CT molecular complexity index is 525. The molecule has 0 radical (unpaired) electrons. The van der Waals surface area contributed by atoms with Gasteiger partial charge in [-0.1, -0.05) is 60.7 Å². The summed E-state index contributed by atoms with van der Waals surface area (Å²) in [6, 6.07) is 21.5. The molecule has 1 N–H and O–H groups in total. The molecule has 0 aromatic heterocycles. The van der Waals surface area contributed by atoms with Crippen LogP contribution in [-0.4, -0.2) is 35.7 Å². The molecule has 0 aliphatic carbocycles. The van der Waals surface area contributed by atoms with Crippen molar-refractivity contribution in [3.8, 4) is 0 Å². The number of hydrogen-bond acceptors (Lipinski definition) is 2. The summed E-state index contributed by atoms with van der Waals surface area (Å²) in [4.78, 5) is 2.36. The second kappa shape index (κ2) is 8.28. The maximum absolute atomic E-state index is 9.26. The molecule has 0 heterocycles. The van der Waals surface area contributed by atoms with Gasteiger partial charge in [-0.05, 0) is 51.4 Å². The minimum atomic E-state index is 0.0205. The van der Waals surface area contributed by atoms with E-state index in [0.717, 1.165) is 19.4 Å². The molecule has 0 aliphatic heterocycles. The number of nitrogens with zero attached hydrogens (tertiary/aromatic N) is 1. The molecule has 2 nitrogen and oxygen atoms in total. The second-order valence-electron chi connectivity index (χ2n) is 6.87. The molecular weight excluding hydrogens is 282 g/mol. The normalized spacial score (nSPS) is 12.1. The Kier molecular flexibility index (Phi) is 6.37. The van der Waals surface area contributed by atoms with Crippen LogP contribution >= 0.6 is 0 Å². The highest BCUT2D eigenvalue weighted by Crippen LogP contribution is 2.29. The van der Waals surface area contributed by atoms with Gasteiger partial charge in [0.05, 0.1) is 0 Å². The standard InChI is InChI=1S/C21H29NO/c1-21(2,15-17-23)22(3)16-14-20(18-10-6-4-7-11-18)19-12-8-5-9-13-19/h4-13,20,23H,14-17H2,1-3H3. The summed E-state index contributed by atoms with van der Waals surface area (Å²) in [7, 11) is 2.16. The molecule has 0 saturated carbocycles. The fourth-order valence-corrected chi connectivity index (χ4v) is 2.99. The molecule has 0 unspecified atom stereocenters. The number of hydrogen-bond donors (Lipinski definition) is 1. The Morgan fingerprint density at radius 1 is 0.913 bits per heavy atom. The Hall–Kier alpha value is -1.64. The van der Waals surface area contributed by atoms with Crippen LogP contribution in [0.4, 0.5) is 0 Å². The monoisotopic (exact) mass is 311 g/mol. The summed E-state index contributed by atoms with van der Waals surface area (Å²) in [6.45, 7) is 5.63. The predicted molar refractivity (Wildman–Crippen MR) is 97.8 cm³/mol. The third kappa shape index (κ3) is 4.92. The van der Waals surface area contributed by atoms with Crippen molar-refractivity contribution in [2.45, 2.75) is 38.1 Å². The third-order valence-electron chi connectivity index (χ3n) is 4.91. The van der Waals surface area contributed by atoms with E-state index < -0.39 is 0 Å². The SMILES string of the molecule is CN(CCC(c1ccccc1)c1ccccc1)C(C)(C)CCO. The van der Waals surface area contributed by atoms with Crippen molar-refractivity contribution >= 4 is 0 Å². The van der Waals surface area contributed by atoms with E-state index in [-0.39, 0.29) is 12.1 Å². The number of rotatable bonds is 8.